The molecule has 0 radical (unpaired) electrons. The monoisotopic (exact) mass is 270 g/mol. The van der Waals surface area contributed by atoms with Gasteiger partial charge in [-0.1, -0.05) is 19.3 Å². The van der Waals surface area contributed by atoms with E-state index in [0.29, 0.717) is 12.8 Å². The molecule has 2 amide bonds. The zero-order chi connectivity index (χ0) is 13.9. The van der Waals surface area contributed by atoms with E-state index in [1.807, 2.05) is 0 Å². The van der Waals surface area contributed by atoms with Crippen molar-refractivity contribution in [2.24, 2.45) is 5.41 Å². The Morgan fingerprint density at radius 2 is 2.05 bits per heavy atom. The largest absolute Gasteiger partial charge is 0.481 e. The average Bonchev–Trinajstić information content (AvgIpc) is 2.76. The van der Waals surface area contributed by atoms with Crippen LogP contribution in [0.15, 0.2) is 0 Å². The summed E-state index contributed by atoms with van der Waals surface area (Å²) in [6.07, 6.45) is 3.62. The lowest BCUT2D eigenvalue weighted by Crippen LogP contribution is -2.45. The van der Waals surface area contributed by atoms with Gasteiger partial charge in [-0.3, -0.25) is 19.2 Å². The minimum atomic E-state index is -0.974. The molecule has 0 aromatic carbocycles. The highest BCUT2D eigenvalue weighted by Gasteiger charge is 2.42. The Bertz CT molecular complexity index is 390. The smallest absolute Gasteiger partial charge is 0.310 e. The van der Waals surface area contributed by atoms with E-state index in [9.17, 15) is 19.5 Å². The van der Waals surface area contributed by atoms with Crippen molar-refractivity contribution in [1.29, 1.82) is 0 Å². The third kappa shape index (κ3) is 3.04. The Morgan fingerprint density at radius 1 is 1.37 bits per heavy atom. The molecule has 2 fully saturated rings. The van der Waals surface area contributed by atoms with Gasteiger partial charge >= 0.3 is 5.97 Å². The third-order valence-corrected chi connectivity index (χ3v) is 3.84. The lowest BCUT2D eigenvalue weighted by atomic mass is 9.71. The van der Waals surface area contributed by atoms with E-state index < -0.39 is 29.2 Å². The Balaban J connectivity index is 1.95. The molecular formula is C12H18N2O5. The van der Waals surface area contributed by atoms with Gasteiger partial charge in [0, 0.05) is 6.42 Å². The van der Waals surface area contributed by atoms with Gasteiger partial charge in [0.2, 0.25) is 5.91 Å². The third-order valence-electron chi connectivity index (χ3n) is 3.84. The number of hydrogen-bond donors (Lipinski definition) is 3. The Morgan fingerprint density at radius 3 is 2.58 bits per heavy atom. The van der Waals surface area contributed by atoms with E-state index >= 15 is 0 Å². The topological polar surface area (TPSA) is 105 Å². The standard InChI is InChI=1S/C12H18N2O5/c15-9(13-8-7-19-14-10(8)16)6-12(11(17)18)4-2-1-3-5-12/h8H,1-7H2,(H,13,15)(H,14,16)(H,17,18)/t8-/m1/s1. The lowest BCUT2D eigenvalue weighted by molar-refractivity contribution is -0.154. The fraction of sp³-hybridized carbons (Fsp3) is 0.750. The fourth-order valence-corrected chi connectivity index (χ4v) is 2.70. The molecule has 1 saturated carbocycles. The Hall–Kier alpha value is -1.63. The van der Waals surface area contributed by atoms with Crippen LogP contribution in [0.1, 0.15) is 38.5 Å². The van der Waals surface area contributed by atoms with Crippen molar-refractivity contribution in [2.45, 2.75) is 44.6 Å². The molecule has 0 aromatic rings. The van der Waals surface area contributed by atoms with Crippen LogP contribution in [0, 0.1) is 5.41 Å². The predicted octanol–water partition coefficient (Wildman–Crippen LogP) is -0.0422. The molecular weight excluding hydrogens is 252 g/mol. The number of amides is 2. The van der Waals surface area contributed by atoms with E-state index in [1.54, 1.807) is 0 Å². The van der Waals surface area contributed by atoms with Crippen molar-refractivity contribution >= 4 is 17.8 Å². The SMILES string of the molecule is O=C(CC1(C(=O)O)CCCCC1)N[C@@H]1CONC1=O. The van der Waals surface area contributed by atoms with Crippen molar-refractivity contribution in [3.8, 4) is 0 Å². The maximum atomic E-state index is 11.9. The number of hydroxylamine groups is 1. The fourth-order valence-electron chi connectivity index (χ4n) is 2.70. The molecule has 106 valence electrons. The first-order valence-corrected chi connectivity index (χ1v) is 6.48. The first kappa shape index (κ1) is 13.8. The molecule has 2 aliphatic rings. The second-order valence-corrected chi connectivity index (χ2v) is 5.22. The molecule has 7 heteroatoms. The van der Waals surface area contributed by atoms with Gasteiger partial charge in [0.15, 0.2) is 0 Å². The Labute approximate surface area is 110 Å². The second-order valence-electron chi connectivity index (χ2n) is 5.22. The molecule has 0 bridgehead atoms. The van der Waals surface area contributed by atoms with Crippen LogP contribution in [0.4, 0.5) is 0 Å². The van der Waals surface area contributed by atoms with Crippen LogP contribution in [0.5, 0.6) is 0 Å². The quantitative estimate of drug-likeness (QED) is 0.664. The molecule has 0 unspecified atom stereocenters. The highest BCUT2D eigenvalue weighted by molar-refractivity contribution is 5.90. The summed E-state index contributed by atoms with van der Waals surface area (Å²) in [5.74, 6) is -1.73. The van der Waals surface area contributed by atoms with Gasteiger partial charge in [0.1, 0.15) is 12.6 Å². The number of carboxylic acid groups (broad SMARTS) is 1. The van der Waals surface area contributed by atoms with Crippen LogP contribution in [0.3, 0.4) is 0 Å². The summed E-state index contributed by atoms with van der Waals surface area (Å²) >= 11 is 0. The van der Waals surface area contributed by atoms with Crippen LogP contribution in [0.2, 0.25) is 0 Å². The van der Waals surface area contributed by atoms with Gasteiger partial charge in [-0.25, -0.2) is 5.48 Å². The zero-order valence-corrected chi connectivity index (χ0v) is 10.6. The van der Waals surface area contributed by atoms with Crippen LogP contribution in [-0.4, -0.2) is 35.5 Å². The number of hydrogen-bond acceptors (Lipinski definition) is 4. The van der Waals surface area contributed by atoms with E-state index in [4.69, 9.17) is 4.84 Å². The number of carbonyl (C=O) groups is 3. The van der Waals surface area contributed by atoms with Gasteiger partial charge in [0.05, 0.1) is 5.41 Å². The summed E-state index contributed by atoms with van der Waals surface area (Å²) in [5, 5.41) is 11.9. The minimum Gasteiger partial charge on any atom is -0.481 e. The number of rotatable bonds is 4. The van der Waals surface area contributed by atoms with Crippen molar-refractivity contribution in [2.75, 3.05) is 6.61 Å². The molecule has 1 aliphatic carbocycles. The van der Waals surface area contributed by atoms with E-state index in [0.717, 1.165) is 19.3 Å². The second kappa shape index (κ2) is 5.56. The molecule has 3 N–H and O–H groups in total. The molecule has 7 nitrogen and oxygen atoms in total. The molecule has 1 aliphatic heterocycles. The summed E-state index contributed by atoms with van der Waals surface area (Å²) < 4.78 is 0. The van der Waals surface area contributed by atoms with Gasteiger partial charge in [-0.15, -0.1) is 0 Å². The number of carbonyl (C=O) groups excluding carboxylic acids is 2. The first-order chi connectivity index (χ1) is 9.03. The molecule has 1 atom stereocenters. The van der Waals surface area contributed by atoms with Crippen molar-refractivity contribution in [1.82, 2.24) is 10.8 Å². The highest BCUT2D eigenvalue weighted by atomic mass is 16.7. The van der Waals surface area contributed by atoms with Gasteiger partial charge in [0.25, 0.3) is 5.91 Å². The molecule has 1 heterocycles. The van der Waals surface area contributed by atoms with Gasteiger partial charge in [-0.05, 0) is 12.8 Å². The van der Waals surface area contributed by atoms with Crippen molar-refractivity contribution in [3.05, 3.63) is 0 Å². The summed E-state index contributed by atoms with van der Waals surface area (Å²) in [4.78, 5) is 39.3. The zero-order valence-electron chi connectivity index (χ0n) is 10.6. The molecule has 1 saturated heterocycles. The van der Waals surface area contributed by atoms with Crippen molar-refractivity contribution in [3.63, 3.8) is 0 Å². The normalized spacial score (nSPS) is 25.7. The van der Waals surface area contributed by atoms with Gasteiger partial charge in [-0.2, -0.15) is 0 Å². The van der Waals surface area contributed by atoms with Crippen LogP contribution < -0.4 is 10.8 Å². The molecule has 2 rings (SSSR count). The Kier molecular flexibility index (Phi) is 4.04. The average molecular weight is 270 g/mol. The minimum absolute atomic E-state index is 0.0741. The maximum Gasteiger partial charge on any atom is 0.310 e. The van der Waals surface area contributed by atoms with Gasteiger partial charge < -0.3 is 10.4 Å². The van der Waals surface area contributed by atoms with Crippen molar-refractivity contribution < 1.29 is 24.3 Å². The molecule has 0 spiro atoms. The number of carboxylic acids is 1. The molecule has 0 aromatic heterocycles. The maximum absolute atomic E-state index is 11.9. The number of aliphatic carboxylic acids is 1. The lowest BCUT2D eigenvalue weighted by Gasteiger charge is -2.32. The number of nitrogens with one attached hydrogen (secondary N) is 2. The summed E-state index contributed by atoms with van der Waals surface area (Å²) in [5.41, 5.74) is 1.17. The van der Waals surface area contributed by atoms with Crippen LogP contribution in [-0.2, 0) is 19.2 Å². The first-order valence-electron chi connectivity index (χ1n) is 6.48. The summed E-state index contributed by atoms with van der Waals surface area (Å²) in [6.45, 7) is 0.0741. The molecule has 19 heavy (non-hydrogen) atoms. The summed E-state index contributed by atoms with van der Waals surface area (Å²) in [7, 11) is 0. The van der Waals surface area contributed by atoms with E-state index in [1.165, 1.54) is 0 Å². The van der Waals surface area contributed by atoms with Crippen LogP contribution >= 0.6 is 0 Å². The van der Waals surface area contributed by atoms with E-state index in [-0.39, 0.29) is 13.0 Å². The van der Waals surface area contributed by atoms with Crippen LogP contribution in [0.25, 0.3) is 0 Å². The highest BCUT2D eigenvalue weighted by Crippen LogP contribution is 2.39. The predicted molar refractivity (Wildman–Crippen MR) is 63.8 cm³/mol. The summed E-state index contributed by atoms with van der Waals surface area (Å²) in [6, 6.07) is -0.720. The van der Waals surface area contributed by atoms with E-state index in [2.05, 4.69) is 10.8 Å².